The molecule has 2 saturated heterocycles. The van der Waals surface area contributed by atoms with E-state index in [0.717, 1.165) is 26.4 Å². The average molecular weight is 287 g/mol. The molecule has 2 aliphatic rings. The molecule has 2 rings (SSSR count). The smallest absolute Gasteiger partial charge is 0.0781 e. The molecule has 3 nitrogen and oxygen atoms in total. The highest BCUT2D eigenvalue weighted by molar-refractivity contribution is 4.58. The standard InChI is InChI=1S/C12H27N.C3H6O.C2H4O/c1-2-3-4-5-6-7-8-9-10-11-12-13;1-3-2-4-3;1-2-3-1/h2-13H2,1H3;3H,2H2,1H3;1-2H2. The molecule has 0 amide bonds. The molecule has 0 aromatic rings. The van der Waals surface area contributed by atoms with Crippen LogP contribution in [-0.4, -0.2) is 32.5 Å². The largest absolute Gasteiger partial charge is 0.377 e. The average Bonchev–Trinajstić information content (AvgIpc) is 3.31. The van der Waals surface area contributed by atoms with Gasteiger partial charge in [0.1, 0.15) is 0 Å². The van der Waals surface area contributed by atoms with E-state index in [9.17, 15) is 0 Å². The quantitative estimate of drug-likeness (QED) is 0.482. The van der Waals surface area contributed by atoms with Crippen molar-refractivity contribution < 1.29 is 9.47 Å². The number of hydrogen-bond donors (Lipinski definition) is 1. The van der Waals surface area contributed by atoms with E-state index >= 15 is 0 Å². The Morgan fingerprint density at radius 2 is 1.20 bits per heavy atom. The van der Waals surface area contributed by atoms with Crippen molar-refractivity contribution in [2.75, 3.05) is 26.4 Å². The van der Waals surface area contributed by atoms with E-state index in [4.69, 9.17) is 10.5 Å². The van der Waals surface area contributed by atoms with Crippen molar-refractivity contribution in [2.45, 2.75) is 84.2 Å². The summed E-state index contributed by atoms with van der Waals surface area (Å²) in [5.74, 6) is 0. The zero-order valence-corrected chi connectivity index (χ0v) is 13.9. The topological polar surface area (TPSA) is 51.1 Å². The van der Waals surface area contributed by atoms with Gasteiger partial charge in [0.05, 0.1) is 25.9 Å². The van der Waals surface area contributed by atoms with Crippen molar-refractivity contribution in [1.29, 1.82) is 0 Å². The number of rotatable bonds is 10. The maximum absolute atomic E-state index is 5.42. The molecule has 1 atom stereocenters. The molecule has 3 heteroatoms. The van der Waals surface area contributed by atoms with E-state index in [1.54, 1.807) is 0 Å². The van der Waals surface area contributed by atoms with Gasteiger partial charge in [-0.05, 0) is 19.9 Å². The lowest BCUT2D eigenvalue weighted by Crippen LogP contribution is -1.97. The molecule has 0 radical (unpaired) electrons. The van der Waals surface area contributed by atoms with E-state index in [-0.39, 0.29) is 0 Å². The fraction of sp³-hybridized carbons (Fsp3) is 1.00. The Bertz CT molecular complexity index is 158. The summed E-state index contributed by atoms with van der Waals surface area (Å²) < 4.78 is 9.21. The van der Waals surface area contributed by atoms with Gasteiger partial charge in [-0.15, -0.1) is 0 Å². The van der Waals surface area contributed by atoms with Crippen LogP contribution in [0.25, 0.3) is 0 Å². The van der Waals surface area contributed by atoms with Crippen molar-refractivity contribution >= 4 is 0 Å². The molecule has 0 bridgehead atoms. The molecular weight excluding hydrogens is 250 g/mol. The van der Waals surface area contributed by atoms with Gasteiger partial charge in [0.15, 0.2) is 0 Å². The molecule has 122 valence electrons. The maximum Gasteiger partial charge on any atom is 0.0781 e. The Labute approximate surface area is 126 Å². The third-order valence-corrected chi connectivity index (χ3v) is 3.26. The van der Waals surface area contributed by atoms with Gasteiger partial charge in [-0.3, -0.25) is 0 Å². The van der Waals surface area contributed by atoms with Gasteiger partial charge in [-0.1, -0.05) is 64.7 Å². The predicted molar refractivity (Wildman–Crippen MR) is 87.1 cm³/mol. The van der Waals surface area contributed by atoms with E-state index in [0.29, 0.717) is 6.10 Å². The van der Waals surface area contributed by atoms with Crippen molar-refractivity contribution in [3.8, 4) is 0 Å². The second-order valence-corrected chi connectivity index (χ2v) is 5.73. The first-order valence-electron chi connectivity index (χ1n) is 8.70. The first-order chi connectivity index (χ1) is 9.81. The normalized spacial score (nSPS) is 18.4. The third-order valence-electron chi connectivity index (χ3n) is 3.26. The SMILES string of the molecule is C1CO1.CC1CO1.CCCCCCCCCCCCN. The summed E-state index contributed by atoms with van der Waals surface area (Å²) in [6, 6.07) is 0. The van der Waals surface area contributed by atoms with Gasteiger partial charge < -0.3 is 15.2 Å². The Hall–Kier alpha value is -0.120. The lowest BCUT2D eigenvalue weighted by molar-refractivity contribution is 0.423. The van der Waals surface area contributed by atoms with Gasteiger partial charge in [0.25, 0.3) is 0 Å². The molecule has 2 aliphatic heterocycles. The minimum absolute atomic E-state index is 0.583. The summed E-state index contributed by atoms with van der Waals surface area (Å²) >= 11 is 0. The lowest BCUT2D eigenvalue weighted by Gasteiger charge is -2.00. The van der Waals surface area contributed by atoms with Crippen LogP contribution in [0.2, 0.25) is 0 Å². The third kappa shape index (κ3) is 26.4. The molecule has 1 unspecified atom stereocenters. The highest BCUT2D eigenvalue weighted by Crippen LogP contribution is 2.09. The van der Waals surface area contributed by atoms with Crippen LogP contribution < -0.4 is 5.73 Å². The predicted octanol–water partition coefficient (Wildman–Crippen LogP) is 4.29. The Morgan fingerprint density at radius 3 is 1.45 bits per heavy atom. The zero-order chi connectivity index (χ0) is 14.9. The van der Waals surface area contributed by atoms with Gasteiger partial charge >= 0.3 is 0 Å². The second-order valence-electron chi connectivity index (χ2n) is 5.73. The van der Waals surface area contributed by atoms with Crippen LogP contribution in [0.5, 0.6) is 0 Å². The van der Waals surface area contributed by atoms with Crippen LogP contribution in [-0.2, 0) is 9.47 Å². The Morgan fingerprint density at radius 1 is 0.850 bits per heavy atom. The summed E-state index contributed by atoms with van der Waals surface area (Å²) in [5.41, 5.74) is 5.42. The van der Waals surface area contributed by atoms with E-state index in [1.165, 1.54) is 64.2 Å². The number of ether oxygens (including phenoxy) is 2. The second kappa shape index (κ2) is 16.9. The van der Waals surface area contributed by atoms with E-state index in [1.807, 2.05) is 0 Å². The minimum Gasteiger partial charge on any atom is -0.377 e. The number of unbranched alkanes of at least 4 members (excludes halogenated alkanes) is 9. The molecular formula is C17H37NO2. The molecule has 20 heavy (non-hydrogen) atoms. The van der Waals surface area contributed by atoms with Gasteiger partial charge in [-0.2, -0.15) is 0 Å². The van der Waals surface area contributed by atoms with Crippen molar-refractivity contribution in [3.63, 3.8) is 0 Å². The number of epoxide rings is 2. The van der Waals surface area contributed by atoms with Crippen LogP contribution in [0.4, 0.5) is 0 Å². The fourth-order valence-electron chi connectivity index (χ4n) is 1.73. The fourth-order valence-corrected chi connectivity index (χ4v) is 1.73. The summed E-state index contributed by atoms with van der Waals surface area (Å²) in [6.07, 6.45) is 14.5. The van der Waals surface area contributed by atoms with E-state index < -0.39 is 0 Å². The summed E-state index contributed by atoms with van der Waals surface area (Å²) in [6.45, 7) is 8.18. The van der Waals surface area contributed by atoms with Crippen molar-refractivity contribution in [3.05, 3.63) is 0 Å². The number of hydrogen-bond acceptors (Lipinski definition) is 3. The molecule has 0 spiro atoms. The molecule has 2 fully saturated rings. The summed E-state index contributed by atoms with van der Waals surface area (Å²) in [4.78, 5) is 0. The first-order valence-corrected chi connectivity index (χ1v) is 8.70. The lowest BCUT2D eigenvalue weighted by atomic mass is 10.1. The minimum atomic E-state index is 0.583. The maximum atomic E-state index is 5.42. The molecule has 2 N–H and O–H groups in total. The van der Waals surface area contributed by atoms with Crippen molar-refractivity contribution in [1.82, 2.24) is 0 Å². The van der Waals surface area contributed by atoms with Crippen LogP contribution in [0, 0.1) is 0 Å². The van der Waals surface area contributed by atoms with Crippen molar-refractivity contribution in [2.24, 2.45) is 5.73 Å². The Kier molecular flexibility index (Phi) is 16.8. The molecule has 0 aromatic carbocycles. The molecule has 2 heterocycles. The van der Waals surface area contributed by atoms with Crippen LogP contribution >= 0.6 is 0 Å². The monoisotopic (exact) mass is 287 g/mol. The highest BCUT2D eigenvalue weighted by atomic mass is 16.6. The van der Waals surface area contributed by atoms with Gasteiger partial charge in [-0.25, -0.2) is 0 Å². The van der Waals surface area contributed by atoms with Gasteiger partial charge in [0.2, 0.25) is 0 Å². The van der Waals surface area contributed by atoms with Crippen LogP contribution in [0.1, 0.15) is 78.1 Å². The van der Waals surface area contributed by atoms with Gasteiger partial charge in [0, 0.05) is 0 Å². The van der Waals surface area contributed by atoms with Crippen LogP contribution in [0.3, 0.4) is 0 Å². The van der Waals surface area contributed by atoms with E-state index in [2.05, 4.69) is 18.6 Å². The molecule has 0 aliphatic carbocycles. The summed E-state index contributed by atoms with van der Waals surface area (Å²) in [5, 5.41) is 0. The number of nitrogens with two attached hydrogens (primary N) is 1. The summed E-state index contributed by atoms with van der Waals surface area (Å²) in [7, 11) is 0. The molecule has 0 saturated carbocycles. The first kappa shape index (κ1) is 19.9. The molecule has 0 aromatic heterocycles. The Balaban J connectivity index is 0.000000407. The van der Waals surface area contributed by atoms with Crippen LogP contribution in [0.15, 0.2) is 0 Å². The highest BCUT2D eigenvalue weighted by Gasteiger charge is 2.13. The zero-order valence-electron chi connectivity index (χ0n) is 13.9.